The molecular weight excluding hydrogens is 312 g/mol. The normalized spacial score (nSPS) is 9.92. The number of ketones is 4. The Bertz CT molecular complexity index is 718. The van der Waals surface area contributed by atoms with E-state index in [2.05, 4.69) is 0 Å². The molecule has 6 heteroatoms. The van der Waals surface area contributed by atoms with E-state index in [0.717, 1.165) is 0 Å². The van der Waals surface area contributed by atoms with Crippen LogP contribution >= 0.6 is 0 Å². The molecule has 0 atom stereocenters. The molecule has 0 aromatic heterocycles. The van der Waals surface area contributed by atoms with Gasteiger partial charge >= 0.3 is 0 Å². The summed E-state index contributed by atoms with van der Waals surface area (Å²) < 4.78 is 9.89. The van der Waals surface area contributed by atoms with E-state index in [0.29, 0.717) is 11.5 Å². The van der Waals surface area contributed by atoms with Crippen molar-refractivity contribution in [2.45, 2.75) is 0 Å². The minimum Gasteiger partial charge on any atom is -0.497 e. The van der Waals surface area contributed by atoms with Crippen LogP contribution in [0.1, 0.15) is 20.7 Å². The van der Waals surface area contributed by atoms with Crippen LogP contribution in [0.2, 0.25) is 0 Å². The average molecular weight is 326 g/mol. The third kappa shape index (κ3) is 3.55. The molecule has 24 heavy (non-hydrogen) atoms. The summed E-state index contributed by atoms with van der Waals surface area (Å²) in [5, 5.41) is 0. The average Bonchev–Trinajstić information content (AvgIpc) is 2.65. The second kappa shape index (κ2) is 7.32. The van der Waals surface area contributed by atoms with E-state index < -0.39 is 23.1 Å². The summed E-state index contributed by atoms with van der Waals surface area (Å²) in [4.78, 5) is 48.0. The molecule has 2 aromatic rings. The molecule has 0 saturated heterocycles. The molecule has 0 aliphatic carbocycles. The molecule has 2 aromatic carbocycles. The molecule has 122 valence electrons. The fourth-order valence-corrected chi connectivity index (χ4v) is 1.95. The van der Waals surface area contributed by atoms with Crippen molar-refractivity contribution in [1.82, 2.24) is 0 Å². The second-order valence-electron chi connectivity index (χ2n) is 4.77. The second-order valence-corrected chi connectivity index (χ2v) is 4.77. The zero-order valence-electron chi connectivity index (χ0n) is 13.1. The third-order valence-corrected chi connectivity index (χ3v) is 3.32. The molecule has 0 aliphatic rings. The topological polar surface area (TPSA) is 86.7 Å². The number of ether oxygens (including phenoxy) is 2. The number of hydrogen-bond donors (Lipinski definition) is 0. The highest BCUT2D eigenvalue weighted by Crippen LogP contribution is 2.14. The standard InChI is InChI=1S/C18H14O6/c1-23-13-7-3-11(4-8-13)15(19)17(21)18(22)16(20)12-5-9-14(24-2)10-6-12/h3-10H,1-2H3. The molecule has 0 N–H and O–H groups in total. The molecule has 2 rings (SSSR count). The first-order chi connectivity index (χ1) is 11.5. The summed E-state index contributed by atoms with van der Waals surface area (Å²) in [6.45, 7) is 0. The maximum Gasteiger partial charge on any atom is 0.277 e. The van der Waals surface area contributed by atoms with Crippen LogP contribution in [0.5, 0.6) is 11.5 Å². The summed E-state index contributed by atoms with van der Waals surface area (Å²) in [6, 6.07) is 11.3. The van der Waals surface area contributed by atoms with Gasteiger partial charge in [-0.05, 0) is 48.5 Å². The Morgan fingerprint density at radius 2 is 0.875 bits per heavy atom. The van der Waals surface area contributed by atoms with Crippen molar-refractivity contribution in [2.75, 3.05) is 14.2 Å². The van der Waals surface area contributed by atoms with Crippen LogP contribution in [0, 0.1) is 0 Å². The van der Waals surface area contributed by atoms with Gasteiger partial charge in [-0.3, -0.25) is 19.2 Å². The van der Waals surface area contributed by atoms with Crippen LogP contribution in [-0.4, -0.2) is 37.4 Å². The number of carbonyl (C=O) groups excluding carboxylic acids is 4. The predicted octanol–water partition coefficient (Wildman–Crippen LogP) is 1.91. The zero-order chi connectivity index (χ0) is 17.7. The molecule has 6 nitrogen and oxygen atoms in total. The molecule has 0 heterocycles. The fourth-order valence-electron chi connectivity index (χ4n) is 1.95. The number of hydrogen-bond acceptors (Lipinski definition) is 6. The Kier molecular flexibility index (Phi) is 5.21. The van der Waals surface area contributed by atoms with Crippen molar-refractivity contribution < 1.29 is 28.7 Å². The number of rotatable bonds is 7. The lowest BCUT2D eigenvalue weighted by molar-refractivity contribution is -0.131. The van der Waals surface area contributed by atoms with E-state index in [-0.39, 0.29) is 11.1 Å². The number of methoxy groups -OCH3 is 2. The summed E-state index contributed by atoms with van der Waals surface area (Å²) in [6.07, 6.45) is 0. The van der Waals surface area contributed by atoms with E-state index in [4.69, 9.17) is 9.47 Å². The van der Waals surface area contributed by atoms with Crippen LogP contribution < -0.4 is 9.47 Å². The quantitative estimate of drug-likeness (QED) is 0.439. The van der Waals surface area contributed by atoms with E-state index in [1.54, 1.807) is 0 Å². The smallest absolute Gasteiger partial charge is 0.277 e. The van der Waals surface area contributed by atoms with Gasteiger partial charge in [0, 0.05) is 11.1 Å². The molecule has 0 amide bonds. The fraction of sp³-hybridized carbons (Fsp3) is 0.111. The summed E-state index contributed by atoms with van der Waals surface area (Å²) in [5.41, 5.74) is 0.0216. The first kappa shape index (κ1) is 17.1. The van der Waals surface area contributed by atoms with Gasteiger partial charge in [0.25, 0.3) is 11.6 Å². The van der Waals surface area contributed by atoms with Gasteiger partial charge in [-0.2, -0.15) is 0 Å². The molecule has 0 bridgehead atoms. The predicted molar refractivity (Wildman–Crippen MR) is 84.7 cm³/mol. The van der Waals surface area contributed by atoms with Gasteiger partial charge in [0.05, 0.1) is 14.2 Å². The van der Waals surface area contributed by atoms with Gasteiger partial charge in [-0.25, -0.2) is 0 Å². The highest BCUT2D eigenvalue weighted by atomic mass is 16.5. The van der Waals surface area contributed by atoms with Gasteiger partial charge in [-0.1, -0.05) is 0 Å². The monoisotopic (exact) mass is 326 g/mol. The molecule has 0 radical (unpaired) electrons. The maximum absolute atomic E-state index is 12.0. The lowest BCUT2D eigenvalue weighted by atomic mass is 9.99. The first-order valence-corrected chi connectivity index (χ1v) is 6.93. The molecule has 0 aliphatic heterocycles. The summed E-state index contributed by atoms with van der Waals surface area (Å²) in [5.74, 6) is -3.82. The van der Waals surface area contributed by atoms with E-state index in [9.17, 15) is 19.2 Å². The van der Waals surface area contributed by atoms with Crippen LogP contribution in [0.15, 0.2) is 48.5 Å². The SMILES string of the molecule is COc1ccc(C(=O)C(=O)C(=O)C(=O)c2ccc(OC)cc2)cc1. The van der Waals surface area contributed by atoms with Crippen LogP contribution in [-0.2, 0) is 9.59 Å². The van der Waals surface area contributed by atoms with Gasteiger partial charge in [0.2, 0.25) is 11.6 Å². The lowest BCUT2D eigenvalue weighted by Gasteiger charge is -2.03. The Balaban J connectivity index is 2.16. The maximum atomic E-state index is 12.0. The van der Waals surface area contributed by atoms with Crippen LogP contribution in [0.4, 0.5) is 0 Å². The molecule has 0 saturated carbocycles. The summed E-state index contributed by atoms with van der Waals surface area (Å²) >= 11 is 0. The van der Waals surface area contributed by atoms with Gasteiger partial charge in [0.1, 0.15) is 11.5 Å². The third-order valence-electron chi connectivity index (χ3n) is 3.32. The van der Waals surface area contributed by atoms with Crippen molar-refractivity contribution in [2.24, 2.45) is 0 Å². The number of Topliss-reactive ketones (excluding diaryl/α,β-unsaturated/α-hetero) is 4. The minimum absolute atomic E-state index is 0.0108. The van der Waals surface area contributed by atoms with Crippen molar-refractivity contribution in [3.8, 4) is 11.5 Å². The lowest BCUT2D eigenvalue weighted by Crippen LogP contribution is -2.30. The minimum atomic E-state index is -1.37. The summed E-state index contributed by atoms with van der Waals surface area (Å²) in [7, 11) is 2.91. The van der Waals surface area contributed by atoms with Gasteiger partial charge in [-0.15, -0.1) is 0 Å². The highest BCUT2D eigenvalue weighted by Gasteiger charge is 2.30. The van der Waals surface area contributed by atoms with E-state index in [1.165, 1.54) is 62.8 Å². The molecule has 0 spiro atoms. The van der Waals surface area contributed by atoms with Gasteiger partial charge in [0.15, 0.2) is 0 Å². The van der Waals surface area contributed by atoms with Crippen molar-refractivity contribution in [1.29, 1.82) is 0 Å². The Morgan fingerprint density at radius 1 is 0.583 bits per heavy atom. The van der Waals surface area contributed by atoms with Crippen molar-refractivity contribution in [3.63, 3.8) is 0 Å². The van der Waals surface area contributed by atoms with Crippen LogP contribution in [0.3, 0.4) is 0 Å². The van der Waals surface area contributed by atoms with E-state index >= 15 is 0 Å². The first-order valence-electron chi connectivity index (χ1n) is 6.93. The molecular formula is C18H14O6. The highest BCUT2D eigenvalue weighted by molar-refractivity contribution is 6.81. The number of benzene rings is 2. The molecule has 0 unspecified atom stereocenters. The van der Waals surface area contributed by atoms with Gasteiger partial charge < -0.3 is 9.47 Å². The largest absolute Gasteiger partial charge is 0.497 e. The molecule has 0 fully saturated rings. The van der Waals surface area contributed by atoms with Crippen molar-refractivity contribution >= 4 is 23.1 Å². The Labute approximate surface area is 138 Å². The Morgan fingerprint density at radius 3 is 1.12 bits per heavy atom. The van der Waals surface area contributed by atoms with Crippen LogP contribution in [0.25, 0.3) is 0 Å². The Hall–Kier alpha value is -3.28. The number of carbonyl (C=O) groups is 4. The van der Waals surface area contributed by atoms with E-state index in [1.807, 2.05) is 0 Å². The zero-order valence-corrected chi connectivity index (χ0v) is 13.1. The van der Waals surface area contributed by atoms with Crippen molar-refractivity contribution in [3.05, 3.63) is 59.7 Å².